The first-order valence-corrected chi connectivity index (χ1v) is 8.32. The lowest BCUT2D eigenvalue weighted by atomic mass is 10.0. The van der Waals surface area contributed by atoms with Crippen LogP contribution in [0.25, 0.3) is 0 Å². The van der Waals surface area contributed by atoms with Crippen molar-refractivity contribution in [3.8, 4) is 0 Å². The van der Waals surface area contributed by atoms with E-state index in [1.54, 1.807) is 6.07 Å². The molecule has 2 aromatic heterocycles. The maximum absolute atomic E-state index is 12.1. The van der Waals surface area contributed by atoms with Gasteiger partial charge >= 0.3 is 5.97 Å². The molecule has 1 amide bonds. The van der Waals surface area contributed by atoms with Crippen LogP contribution in [-0.2, 0) is 11.2 Å². The molecule has 0 unspecified atom stereocenters. The maximum Gasteiger partial charge on any atom is 0.341 e. The molecule has 0 atom stereocenters. The summed E-state index contributed by atoms with van der Waals surface area (Å²) >= 11 is 2.72. The van der Waals surface area contributed by atoms with Gasteiger partial charge in [0.05, 0.1) is 17.6 Å². The van der Waals surface area contributed by atoms with E-state index in [0.29, 0.717) is 21.4 Å². The predicted octanol–water partition coefficient (Wildman–Crippen LogP) is 4.05. The number of rotatable bonds is 5. The van der Waals surface area contributed by atoms with Crippen molar-refractivity contribution in [3.05, 3.63) is 38.9 Å². The normalized spacial score (nSPS) is 10.7. The SMILES string of the molecule is COC(=O)c1c(CC(C)C)csc1NC(=O)c1cccs1. The fourth-order valence-electron chi connectivity index (χ4n) is 1.97. The van der Waals surface area contributed by atoms with Crippen molar-refractivity contribution in [1.29, 1.82) is 0 Å². The zero-order chi connectivity index (χ0) is 15.4. The van der Waals surface area contributed by atoms with Crippen LogP contribution in [0.1, 0.15) is 39.4 Å². The Labute approximate surface area is 131 Å². The van der Waals surface area contributed by atoms with Gasteiger partial charge < -0.3 is 10.1 Å². The molecule has 4 nitrogen and oxygen atoms in total. The number of carbonyl (C=O) groups is 2. The average molecular weight is 323 g/mol. The van der Waals surface area contributed by atoms with Gasteiger partial charge in [0.25, 0.3) is 5.91 Å². The molecule has 2 aromatic rings. The average Bonchev–Trinajstić information content (AvgIpc) is 3.07. The van der Waals surface area contributed by atoms with E-state index < -0.39 is 5.97 Å². The van der Waals surface area contributed by atoms with Gasteiger partial charge in [0, 0.05) is 0 Å². The van der Waals surface area contributed by atoms with Crippen molar-refractivity contribution in [1.82, 2.24) is 0 Å². The van der Waals surface area contributed by atoms with E-state index in [4.69, 9.17) is 4.74 Å². The van der Waals surface area contributed by atoms with Crippen molar-refractivity contribution in [2.24, 2.45) is 5.92 Å². The van der Waals surface area contributed by atoms with E-state index in [-0.39, 0.29) is 5.91 Å². The second-order valence-electron chi connectivity index (χ2n) is 4.99. The van der Waals surface area contributed by atoms with Gasteiger partial charge in [-0.1, -0.05) is 19.9 Å². The quantitative estimate of drug-likeness (QED) is 0.845. The van der Waals surface area contributed by atoms with Crippen LogP contribution in [0.2, 0.25) is 0 Å². The lowest BCUT2D eigenvalue weighted by Gasteiger charge is -2.08. The second kappa shape index (κ2) is 6.87. The molecule has 0 spiro atoms. The Balaban J connectivity index is 2.28. The molecule has 1 N–H and O–H groups in total. The highest BCUT2D eigenvalue weighted by molar-refractivity contribution is 7.15. The molecule has 0 fully saturated rings. The number of carbonyl (C=O) groups excluding carboxylic acids is 2. The highest BCUT2D eigenvalue weighted by Crippen LogP contribution is 2.31. The summed E-state index contributed by atoms with van der Waals surface area (Å²) in [6, 6.07) is 3.57. The number of ether oxygens (including phenoxy) is 1. The number of thiophene rings is 2. The lowest BCUT2D eigenvalue weighted by Crippen LogP contribution is -2.14. The summed E-state index contributed by atoms with van der Waals surface area (Å²) in [6.45, 7) is 4.17. The Morgan fingerprint density at radius 3 is 2.67 bits per heavy atom. The zero-order valence-corrected chi connectivity index (χ0v) is 13.8. The van der Waals surface area contributed by atoms with Crippen molar-refractivity contribution in [2.75, 3.05) is 12.4 Å². The lowest BCUT2D eigenvalue weighted by molar-refractivity contribution is 0.0601. The van der Waals surface area contributed by atoms with Crippen LogP contribution in [0.4, 0.5) is 5.00 Å². The minimum absolute atomic E-state index is 0.201. The van der Waals surface area contributed by atoms with E-state index >= 15 is 0 Å². The molecule has 0 saturated heterocycles. The minimum Gasteiger partial charge on any atom is -0.465 e. The largest absolute Gasteiger partial charge is 0.465 e. The molecular weight excluding hydrogens is 306 g/mol. The number of esters is 1. The predicted molar refractivity (Wildman–Crippen MR) is 86.5 cm³/mol. The standard InChI is InChI=1S/C15H17NO3S2/c1-9(2)7-10-8-21-14(12(10)15(18)19-3)16-13(17)11-5-4-6-20-11/h4-6,8-9H,7H2,1-3H3,(H,16,17). The van der Waals surface area contributed by atoms with Crippen molar-refractivity contribution < 1.29 is 14.3 Å². The van der Waals surface area contributed by atoms with E-state index in [9.17, 15) is 9.59 Å². The van der Waals surface area contributed by atoms with E-state index in [0.717, 1.165) is 12.0 Å². The Bertz CT molecular complexity index is 629. The van der Waals surface area contributed by atoms with Gasteiger partial charge in [-0.05, 0) is 34.7 Å². The molecule has 0 aliphatic rings. The van der Waals surface area contributed by atoms with Gasteiger partial charge in [0.2, 0.25) is 0 Å². The molecular formula is C15H17NO3S2. The van der Waals surface area contributed by atoms with Crippen LogP contribution in [0, 0.1) is 5.92 Å². The summed E-state index contributed by atoms with van der Waals surface area (Å²) in [5.41, 5.74) is 1.39. The van der Waals surface area contributed by atoms with Crippen molar-refractivity contribution >= 4 is 39.6 Å². The highest BCUT2D eigenvalue weighted by atomic mass is 32.1. The van der Waals surface area contributed by atoms with E-state index in [1.807, 2.05) is 16.8 Å². The van der Waals surface area contributed by atoms with Crippen molar-refractivity contribution in [3.63, 3.8) is 0 Å². The number of hydrogen-bond donors (Lipinski definition) is 1. The molecule has 0 aliphatic heterocycles. The Kier molecular flexibility index (Phi) is 5.14. The first-order valence-electron chi connectivity index (χ1n) is 6.56. The molecule has 0 radical (unpaired) electrons. The van der Waals surface area contributed by atoms with Gasteiger partial charge in [-0.2, -0.15) is 0 Å². The molecule has 21 heavy (non-hydrogen) atoms. The van der Waals surface area contributed by atoms with Gasteiger partial charge in [-0.25, -0.2) is 4.79 Å². The van der Waals surface area contributed by atoms with Gasteiger partial charge in [-0.3, -0.25) is 4.79 Å². The summed E-state index contributed by atoms with van der Waals surface area (Å²) in [7, 11) is 1.35. The second-order valence-corrected chi connectivity index (χ2v) is 6.81. The van der Waals surface area contributed by atoms with E-state index in [1.165, 1.54) is 29.8 Å². The molecule has 2 rings (SSSR count). The van der Waals surface area contributed by atoms with E-state index in [2.05, 4.69) is 19.2 Å². The first kappa shape index (κ1) is 15.7. The van der Waals surface area contributed by atoms with Crippen LogP contribution in [0.3, 0.4) is 0 Å². The monoisotopic (exact) mass is 323 g/mol. The molecule has 0 aromatic carbocycles. The van der Waals surface area contributed by atoms with Crippen LogP contribution >= 0.6 is 22.7 Å². The molecule has 0 aliphatic carbocycles. The molecule has 6 heteroatoms. The number of hydrogen-bond acceptors (Lipinski definition) is 5. The molecule has 112 valence electrons. The van der Waals surface area contributed by atoms with Crippen LogP contribution in [0.15, 0.2) is 22.9 Å². The number of methoxy groups -OCH3 is 1. The highest BCUT2D eigenvalue weighted by Gasteiger charge is 2.22. The number of nitrogens with one attached hydrogen (secondary N) is 1. The third-order valence-corrected chi connectivity index (χ3v) is 4.67. The smallest absolute Gasteiger partial charge is 0.341 e. The number of amides is 1. The summed E-state index contributed by atoms with van der Waals surface area (Å²) in [6.07, 6.45) is 0.774. The third kappa shape index (κ3) is 3.71. The molecule has 2 heterocycles. The summed E-state index contributed by atoms with van der Waals surface area (Å²) in [5.74, 6) is -0.190. The first-order chi connectivity index (χ1) is 10.0. The molecule has 0 bridgehead atoms. The van der Waals surface area contributed by atoms with Crippen LogP contribution < -0.4 is 5.32 Å². The zero-order valence-electron chi connectivity index (χ0n) is 12.1. The molecule has 0 saturated carbocycles. The third-order valence-electron chi connectivity index (χ3n) is 2.86. The van der Waals surface area contributed by atoms with Gasteiger partial charge in [0.1, 0.15) is 5.00 Å². The number of anilines is 1. The topological polar surface area (TPSA) is 55.4 Å². The maximum atomic E-state index is 12.1. The Morgan fingerprint density at radius 1 is 1.33 bits per heavy atom. The summed E-state index contributed by atoms with van der Waals surface area (Å²) < 4.78 is 4.85. The summed E-state index contributed by atoms with van der Waals surface area (Å²) in [4.78, 5) is 24.7. The van der Waals surface area contributed by atoms with Crippen molar-refractivity contribution in [2.45, 2.75) is 20.3 Å². The fraction of sp³-hybridized carbons (Fsp3) is 0.333. The minimum atomic E-state index is -0.409. The van der Waals surface area contributed by atoms with Crippen LogP contribution in [-0.4, -0.2) is 19.0 Å². The Morgan fingerprint density at radius 2 is 2.10 bits per heavy atom. The summed E-state index contributed by atoms with van der Waals surface area (Å²) in [5, 5.41) is 7.12. The Hall–Kier alpha value is -1.66. The fourth-order valence-corrected chi connectivity index (χ4v) is 3.55. The van der Waals surface area contributed by atoms with Gasteiger partial charge in [0.15, 0.2) is 0 Å². The van der Waals surface area contributed by atoms with Gasteiger partial charge in [-0.15, -0.1) is 22.7 Å². The van der Waals surface area contributed by atoms with Crippen LogP contribution in [0.5, 0.6) is 0 Å².